The van der Waals surface area contributed by atoms with Gasteiger partial charge in [0.1, 0.15) is 0 Å². The molecular weight excluding hydrogens is 340 g/mol. The first-order chi connectivity index (χ1) is 13.1. The van der Waals surface area contributed by atoms with Gasteiger partial charge in [-0.15, -0.1) is 0 Å². The van der Waals surface area contributed by atoms with E-state index in [9.17, 15) is 4.79 Å². The maximum absolute atomic E-state index is 12.9. The molecule has 0 bridgehead atoms. The predicted octanol–water partition coefficient (Wildman–Crippen LogP) is 2.24. The predicted molar refractivity (Wildman–Crippen MR) is 103 cm³/mol. The number of nitrogens with zero attached hydrogens (tertiary/aromatic N) is 6. The molecule has 0 aliphatic carbocycles. The molecule has 7 nitrogen and oxygen atoms in total. The van der Waals surface area contributed by atoms with Gasteiger partial charge in [0.15, 0.2) is 0 Å². The van der Waals surface area contributed by atoms with Crippen LogP contribution in [0.2, 0.25) is 0 Å². The molecule has 0 atom stereocenters. The Bertz CT molecular complexity index is 944. The molecule has 3 aromatic rings. The van der Waals surface area contributed by atoms with Crippen molar-refractivity contribution >= 4 is 11.9 Å². The van der Waals surface area contributed by atoms with Crippen LogP contribution in [-0.2, 0) is 0 Å². The summed E-state index contributed by atoms with van der Waals surface area (Å²) in [6.45, 7) is 6.73. The van der Waals surface area contributed by atoms with Crippen LogP contribution in [-0.4, -0.2) is 57.2 Å². The SMILES string of the molecule is Cc1cccc(C(=O)N2CCN(c3nnnn3-c3ccccc3)CC2)c1C. The fourth-order valence-electron chi connectivity index (χ4n) is 3.38. The Hall–Kier alpha value is -3.22. The first kappa shape index (κ1) is 17.2. The zero-order chi connectivity index (χ0) is 18.8. The average Bonchev–Trinajstić information content (AvgIpc) is 3.20. The van der Waals surface area contributed by atoms with Gasteiger partial charge < -0.3 is 9.80 Å². The number of carbonyl (C=O) groups is 1. The number of hydrogen-bond donors (Lipinski definition) is 0. The van der Waals surface area contributed by atoms with Gasteiger partial charge in [0.2, 0.25) is 5.95 Å². The van der Waals surface area contributed by atoms with Gasteiger partial charge in [0, 0.05) is 31.7 Å². The van der Waals surface area contributed by atoms with Crippen LogP contribution >= 0.6 is 0 Å². The third-order valence-electron chi connectivity index (χ3n) is 5.14. The van der Waals surface area contributed by atoms with Gasteiger partial charge in [-0.25, -0.2) is 0 Å². The Morgan fingerprint density at radius 3 is 2.41 bits per heavy atom. The van der Waals surface area contributed by atoms with Crippen LogP contribution in [0.5, 0.6) is 0 Å². The highest BCUT2D eigenvalue weighted by molar-refractivity contribution is 5.96. The highest BCUT2D eigenvalue weighted by Crippen LogP contribution is 2.19. The maximum Gasteiger partial charge on any atom is 0.254 e. The van der Waals surface area contributed by atoms with Crippen molar-refractivity contribution < 1.29 is 4.79 Å². The lowest BCUT2D eigenvalue weighted by Crippen LogP contribution is -2.49. The van der Waals surface area contributed by atoms with Crippen LogP contribution in [0.15, 0.2) is 48.5 Å². The lowest BCUT2D eigenvalue weighted by Gasteiger charge is -2.35. The molecule has 1 aromatic heterocycles. The molecule has 138 valence electrons. The molecule has 1 aliphatic rings. The smallest absolute Gasteiger partial charge is 0.254 e. The topological polar surface area (TPSA) is 67.2 Å². The van der Waals surface area contributed by atoms with E-state index >= 15 is 0 Å². The summed E-state index contributed by atoms with van der Waals surface area (Å²) in [6, 6.07) is 15.7. The van der Waals surface area contributed by atoms with Crippen molar-refractivity contribution in [3.8, 4) is 5.69 Å². The van der Waals surface area contributed by atoms with Gasteiger partial charge in [-0.05, 0) is 53.6 Å². The second kappa shape index (κ2) is 7.19. The molecule has 1 fully saturated rings. The van der Waals surface area contributed by atoms with Crippen LogP contribution in [0.3, 0.4) is 0 Å². The number of tetrazole rings is 1. The quantitative estimate of drug-likeness (QED) is 0.715. The zero-order valence-corrected chi connectivity index (χ0v) is 15.5. The molecule has 4 rings (SSSR count). The van der Waals surface area contributed by atoms with Crippen LogP contribution in [0, 0.1) is 13.8 Å². The molecule has 0 N–H and O–H groups in total. The molecule has 27 heavy (non-hydrogen) atoms. The third kappa shape index (κ3) is 3.28. The van der Waals surface area contributed by atoms with Crippen molar-refractivity contribution in [2.45, 2.75) is 13.8 Å². The number of hydrogen-bond acceptors (Lipinski definition) is 5. The Kier molecular flexibility index (Phi) is 4.58. The highest BCUT2D eigenvalue weighted by atomic mass is 16.2. The fraction of sp³-hybridized carbons (Fsp3) is 0.300. The van der Waals surface area contributed by atoms with E-state index in [1.165, 1.54) is 0 Å². The van der Waals surface area contributed by atoms with Gasteiger partial charge >= 0.3 is 0 Å². The van der Waals surface area contributed by atoms with Gasteiger partial charge in [-0.2, -0.15) is 4.68 Å². The van der Waals surface area contributed by atoms with Gasteiger partial charge in [0.05, 0.1) is 5.69 Å². The van der Waals surface area contributed by atoms with E-state index in [2.05, 4.69) is 20.4 Å². The van der Waals surface area contributed by atoms with Crippen molar-refractivity contribution in [1.29, 1.82) is 0 Å². The van der Waals surface area contributed by atoms with Crippen LogP contribution in [0.4, 0.5) is 5.95 Å². The van der Waals surface area contributed by atoms with Crippen LogP contribution in [0.25, 0.3) is 5.69 Å². The van der Waals surface area contributed by atoms with Crippen molar-refractivity contribution in [3.05, 3.63) is 65.2 Å². The minimum absolute atomic E-state index is 0.0958. The number of rotatable bonds is 3. The van der Waals surface area contributed by atoms with E-state index in [1.807, 2.05) is 67.3 Å². The van der Waals surface area contributed by atoms with Gasteiger partial charge in [-0.1, -0.05) is 35.4 Å². The molecule has 1 saturated heterocycles. The van der Waals surface area contributed by atoms with E-state index in [-0.39, 0.29) is 5.91 Å². The van der Waals surface area contributed by atoms with E-state index in [0.717, 1.165) is 22.4 Å². The first-order valence-corrected chi connectivity index (χ1v) is 9.09. The molecule has 0 unspecified atom stereocenters. The summed E-state index contributed by atoms with van der Waals surface area (Å²) >= 11 is 0. The number of carbonyl (C=O) groups excluding carboxylic acids is 1. The van der Waals surface area contributed by atoms with E-state index in [0.29, 0.717) is 32.1 Å². The Morgan fingerprint density at radius 1 is 0.926 bits per heavy atom. The van der Waals surface area contributed by atoms with Crippen molar-refractivity contribution in [3.63, 3.8) is 0 Å². The molecule has 7 heteroatoms. The number of anilines is 1. The first-order valence-electron chi connectivity index (χ1n) is 9.09. The number of piperazine rings is 1. The average molecular weight is 362 g/mol. The Balaban J connectivity index is 1.48. The second-order valence-electron chi connectivity index (χ2n) is 6.75. The molecule has 1 amide bonds. The molecule has 2 heterocycles. The standard InChI is InChI=1S/C20H22N6O/c1-15-7-6-10-18(16(15)2)19(27)24-11-13-25(14-12-24)20-21-22-23-26(20)17-8-4-3-5-9-17/h3-10H,11-14H2,1-2H3. The Morgan fingerprint density at radius 2 is 1.67 bits per heavy atom. The summed E-state index contributed by atoms with van der Waals surface area (Å²) in [5, 5.41) is 12.1. The number of aryl methyl sites for hydroxylation is 1. The minimum Gasteiger partial charge on any atom is -0.336 e. The summed E-state index contributed by atoms with van der Waals surface area (Å²) in [4.78, 5) is 17.0. The normalized spacial score (nSPS) is 14.4. The van der Waals surface area contributed by atoms with E-state index in [1.54, 1.807) is 4.68 Å². The second-order valence-corrected chi connectivity index (χ2v) is 6.75. The number of para-hydroxylation sites is 1. The molecule has 1 aliphatic heterocycles. The van der Waals surface area contributed by atoms with E-state index in [4.69, 9.17) is 0 Å². The lowest BCUT2D eigenvalue weighted by atomic mass is 10.0. The van der Waals surface area contributed by atoms with E-state index < -0.39 is 0 Å². The Labute approximate surface area is 158 Å². The molecular formula is C20H22N6O. The van der Waals surface area contributed by atoms with Crippen molar-refractivity contribution in [1.82, 2.24) is 25.1 Å². The summed E-state index contributed by atoms with van der Waals surface area (Å²) < 4.78 is 1.74. The van der Waals surface area contributed by atoms with Gasteiger partial charge in [-0.3, -0.25) is 4.79 Å². The highest BCUT2D eigenvalue weighted by Gasteiger charge is 2.26. The van der Waals surface area contributed by atoms with Crippen molar-refractivity contribution in [2.24, 2.45) is 0 Å². The summed E-state index contributed by atoms with van der Waals surface area (Å²) in [6.07, 6.45) is 0. The summed E-state index contributed by atoms with van der Waals surface area (Å²) in [5.41, 5.74) is 3.91. The summed E-state index contributed by atoms with van der Waals surface area (Å²) in [5.74, 6) is 0.804. The van der Waals surface area contributed by atoms with Crippen molar-refractivity contribution in [2.75, 3.05) is 31.1 Å². The minimum atomic E-state index is 0.0958. The largest absolute Gasteiger partial charge is 0.336 e. The lowest BCUT2D eigenvalue weighted by molar-refractivity contribution is 0.0745. The molecule has 2 aromatic carbocycles. The molecule has 0 saturated carbocycles. The van der Waals surface area contributed by atoms with Crippen LogP contribution in [0.1, 0.15) is 21.5 Å². The monoisotopic (exact) mass is 362 g/mol. The fourth-order valence-corrected chi connectivity index (χ4v) is 3.38. The van der Waals surface area contributed by atoms with Crippen LogP contribution < -0.4 is 4.90 Å². The number of aromatic nitrogens is 4. The van der Waals surface area contributed by atoms with Gasteiger partial charge in [0.25, 0.3) is 5.91 Å². The zero-order valence-electron chi connectivity index (χ0n) is 15.5. The number of amides is 1. The molecule has 0 radical (unpaired) electrons. The number of benzene rings is 2. The third-order valence-corrected chi connectivity index (χ3v) is 5.14. The maximum atomic E-state index is 12.9. The summed E-state index contributed by atoms with van der Waals surface area (Å²) in [7, 11) is 0. The molecule has 0 spiro atoms.